The molecule has 1 aromatic carbocycles. The highest BCUT2D eigenvalue weighted by molar-refractivity contribution is 5.73. The summed E-state index contributed by atoms with van der Waals surface area (Å²) >= 11 is 0. The van der Waals surface area contributed by atoms with Gasteiger partial charge in [0.15, 0.2) is 6.61 Å². The highest BCUT2D eigenvalue weighted by atomic mass is 19.4. The van der Waals surface area contributed by atoms with Crippen molar-refractivity contribution in [3.05, 3.63) is 71.9 Å². The lowest BCUT2D eigenvalue weighted by Gasteiger charge is -2.10. The molecule has 2 N–H and O–H groups in total. The van der Waals surface area contributed by atoms with Gasteiger partial charge in [-0.2, -0.15) is 18.3 Å². The maximum Gasteiger partial charge on any atom is 0.422 e. The molecule has 0 spiro atoms. The van der Waals surface area contributed by atoms with Crippen LogP contribution < -0.4 is 15.4 Å². The van der Waals surface area contributed by atoms with Crippen molar-refractivity contribution in [3.63, 3.8) is 0 Å². The van der Waals surface area contributed by atoms with Gasteiger partial charge in [0.05, 0.1) is 6.54 Å². The summed E-state index contributed by atoms with van der Waals surface area (Å²) in [5, 5.41) is 9.44. The monoisotopic (exact) mass is 420 g/mol. The van der Waals surface area contributed by atoms with Crippen LogP contribution in [0.1, 0.15) is 16.7 Å². The molecule has 2 amide bonds. The highest BCUT2D eigenvalue weighted by Gasteiger charge is 2.28. The number of nitrogens with one attached hydrogen (secondary N) is 2. The van der Waals surface area contributed by atoms with Crippen molar-refractivity contribution in [2.45, 2.75) is 25.8 Å². The lowest BCUT2D eigenvalue weighted by molar-refractivity contribution is -0.154. The summed E-state index contributed by atoms with van der Waals surface area (Å²) in [4.78, 5) is 19.6. The molecule has 3 rings (SSSR count). The van der Waals surface area contributed by atoms with Gasteiger partial charge in [0.25, 0.3) is 0 Å². The summed E-state index contributed by atoms with van der Waals surface area (Å²) in [7, 11) is 0. The predicted molar refractivity (Wildman–Crippen MR) is 100 cm³/mol. The fraction of sp³-hybridized carbons (Fsp3) is 0.263. The molecular formula is C19H19F3N6O2. The van der Waals surface area contributed by atoms with Crippen molar-refractivity contribution in [2.24, 2.45) is 0 Å². The van der Waals surface area contributed by atoms with Crippen molar-refractivity contribution in [3.8, 4) is 5.88 Å². The van der Waals surface area contributed by atoms with E-state index in [1.165, 1.54) is 24.7 Å². The minimum atomic E-state index is -4.42. The normalized spacial score (nSPS) is 11.2. The van der Waals surface area contributed by atoms with Gasteiger partial charge in [0.2, 0.25) is 5.88 Å². The van der Waals surface area contributed by atoms with E-state index < -0.39 is 12.8 Å². The van der Waals surface area contributed by atoms with Crippen molar-refractivity contribution in [2.75, 3.05) is 6.61 Å². The molecule has 2 aromatic heterocycles. The molecule has 0 bridgehead atoms. The lowest BCUT2D eigenvalue weighted by Crippen LogP contribution is -2.34. The Bertz CT molecular complexity index is 928. The van der Waals surface area contributed by atoms with Crippen LogP contribution in [0, 0.1) is 0 Å². The van der Waals surface area contributed by atoms with E-state index in [4.69, 9.17) is 0 Å². The zero-order chi connectivity index (χ0) is 21.4. The largest absolute Gasteiger partial charge is 0.468 e. The Balaban J connectivity index is 1.38. The first-order valence-electron chi connectivity index (χ1n) is 8.94. The number of amides is 2. The summed E-state index contributed by atoms with van der Waals surface area (Å²) in [6, 6.07) is 10.2. The van der Waals surface area contributed by atoms with Gasteiger partial charge in [-0.3, -0.25) is 0 Å². The molecule has 0 radical (unpaired) electrons. The standard InChI is InChI=1S/C19H19F3N6O2/c20-19(21,22)11-30-17-6-5-16(8-24-17)9-26-18(29)25-7-14-1-3-15(4-2-14)10-28-13-23-12-27-28/h1-6,8,12-13H,7,9-11H2,(H2,25,26,29). The van der Waals surface area contributed by atoms with Crippen LogP contribution in [0.3, 0.4) is 0 Å². The van der Waals surface area contributed by atoms with E-state index in [1.807, 2.05) is 24.3 Å². The Morgan fingerprint density at radius 2 is 1.67 bits per heavy atom. The van der Waals surface area contributed by atoms with Crippen LogP contribution >= 0.6 is 0 Å². The average Bonchev–Trinajstić information content (AvgIpc) is 3.23. The third-order valence-corrected chi connectivity index (χ3v) is 3.92. The van der Waals surface area contributed by atoms with Gasteiger partial charge in [0, 0.05) is 25.4 Å². The fourth-order valence-electron chi connectivity index (χ4n) is 2.45. The highest BCUT2D eigenvalue weighted by Crippen LogP contribution is 2.17. The number of hydrogen-bond acceptors (Lipinski definition) is 5. The summed E-state index contributed by atoms with van der Waals surface area (Å²) in [5.74, 6) is -0.132. The summed E-state index contributed by atoms with van der Waals surface area (Å²) in [6.07, 6.45) is 0.0406. The second kappa shape index (κ2) is 9.72. The van der Waals surface area contributed by atoms with E-state index in [2.05, 4.69) is 30.4 Å². The molecule has 0 aliphatic carbocycles. The summed E-state index contributed by atoms with van der Waals surface area (Å²) < 4.78 is 42.6. The molecule has 0 aliphatic heterocycles. The number of carbonyl (C=O) groups excluding carboxylic acids is 1. The van der Waals surface area contributed by atoms with Crippen molar-refractivity contribution >= 4 is 6.03 Å². The number of aromatic nitrogens is 4. The van der Waals surface area contributed by atoms with Crippen LogP contribution in [0.15, 0.2) is 55.2 Å². The number of hydrogen-bond donors (Lipinski definition) is 2. The molecule has 3 aromatic rings. The number of rotatable bonds is 8. The quantitative estimate of drug-likeness (QED) is 0.584. The first kappa shape index (κ1) is 21.1. The molecule has 158 valence electrons. The van der Waals surface area contributed by atoms with Gasteiger partial charge in [-0.15, -0.1) is 0 Å². The topological polar surface area (TPSA) is 94.0 Å². The van der Waals surface area contributed by atoms with E-state index in [1.54, 1.807) is 11.0 Å². The van der Waals surface area contributed by atoms with E-state index in [-0.39, 0.29) is 18.5 Å². The molecule has 30 heavy (non-hydrogen) atoms. The van der Waals surface area contributed by atoms with E-state index >= 15 is 0 Å². The molecule has 0 unspecified atom stereocenters. The number of ether oxygens (including phenoxy) is 1. The fourth-order valence-corrected chi connectivity index (χ4v) is 2.45. The first-order chi connectivity index (χ1) is 14.4. The van der Waals surface area contributed by atoms with Gasteiger partial charge in [0.1, 0.15) is 12.7 Å². The molecular weight excluding hydrogens is 401 g/mol. The Morgan fingerprint density at radius 3 is 2.27 bits per heavy atom. The van der Waals surface area contributed by atoms with Crippen LogP contribution in [0.25, 0.3) is 0 Å². The third-order valence-electron chi connectivity index (χ3n) is 3.92. The predicted octanol–water partition coefficient (Wildman–Crippen LogP) is 2.66. The van der Waals surface area contributed by atoms with Gasteiger partial charge in [-0.1, -0.05) is 30.3 Å². The van der Waals surface area contributed by atoms with Crippen LogP contribution in [-0.2, 0) is 19.6 Å². The Labute approximate surface area is 170 Å². The first-order valence-corrected chi connectivity index (χ1v) is 8.94. The zero-order valence-corrected chi connectivity index (χ0v) is 15.8. The number of nitrogens with zero attached hydrogens (tertiary/aromatic N) is 4. The van der Waals surface area contributed by atoms with Gasteiger partial charge >= 0.3 is 12.2 Å². The van der Waals surface area contributed by atoms with Crippen molar-refractivity contribution in [1.29, 1.82) is 0 Å². The number of pyridine rings is 1. The number of urea groups is 1. The molecule has 0 atom stereocenters. The second-order valence-corrected chi connectivity index (χ2v) is 6.35. The third kappa shape index (κ3) is 7.08. The van der Waals surface area contributed by atoms with E-state index in [0.29, 0.717) is 18.7 Å². The van der Waals surface area contributed by atoms with Crippen LogP contribution in [0.2, 0.25) is 0 Å². The average molecular weight is 420 g/mol. The van der Waals surface area contributed by atoms with Gasteiger partial charge in [-0.25, -0.2) is 19.4 Å². The summed E-state index contributed by atoms with van der Waals surface area (Å²) in [5.41, 5.74) is 2.62. The minimum Gasteiger partial charge on any atom is -0.468 e. The molecule has 2 heterocycles. The Morgan fingerprint density at radius 1 is 1.00 bits per heavy atom. The summed E-state index contributed by atoms with van der Waals surface area (Å²) in [6.45, 7) is -0.267. The van der Waals surface area contributed by atoms with Gasteiger partial charge in [-0.05, 0) is 16.7 Å². The van der Waals surface area contributed by atoms with Gasteiger partial charge < -0.3 is 15.4 Å². The Hall–Kier alpha value is -3.63. The van der Waals surface area contributed by atoms with Crippen molar-refractivity contribution in [1.82, 2.24) is 30.4 Å². The van der Waals surface area contributed by atoms with E-state index in [9.17, 15) is 18.0 Å². The maximum atomic E-state index is 12.1. The van der Waals surface area contributed by atoms with E-state index in [0.717, 1.165) is 11.1 Å². The van der Waals surface area contributed by atoms with Crippen LogP contribution in [0.5, 0.6) is 5.88 Å². The number of alkyl halides is 3. The maximum absolute atomic E-state index is 12.1. The number of carbonyl (C=O) groups is 1. The SMILES string of the molecule is O=C(NCc1ccc(Cn2cncn2)cc1)NCc1ccc(OCC(F)(F)F)nc1. The zero-order valence-electron chi connectivity index (χ0n) is 15.8. The lowest BCUT2D eigenvalue weighted by atomic mass is 10.1. The molecule has 0 saturated carbocycles. The number of halogens is 3. The minimum absolute atomic E-state index is 0.132. The molecule has 8 nitrogen and oxygen atoms in total. The Kier molecular flexibility index (Phi) is 6.83. The second-order valence-electron chi connectivity index (χ2n) is 6.35. The van der Waals surface area contributed by atoms with Crippen molar-refractivity contribution < 1.29 is 22.7 Å². The number of benzene rings is 1. The van der Waals surface area contributed by atoms with Crippen LogP contribution in [-0.4, -0.2) is 38.6 Å². The smallest absolute Gasteiger partial charge is 0.422 e. The van der Waals surface area contributed by atoms with Crippen LogP contribution in [0.4, 0.5) is 18.0 Å². The molecule has 0 saturated heterocycles. The molecule has 11 heteroatoms. The molecule has 0 fully saturated rings. The molecule has 0 aliphatic rings.